The fourth-order valence-electron chi connectivity index (χ4n) is 1.75. The number of aromatic nitrogens is 2. The van der Waals surface area contributed by atoms with E-state index < -0.39 is 6.29 Å². The number of aryl methyl sites for hydroxylation is 1. The lowest BCUT2D eigenvalue weighted by molar-refractivity contribution is -0.150. The molecule has 1 aromatic rings. The fraction of sp³-hybridized carbons (Fsp3) is 0.750. The number of rotatable bonds is 8. The van der Waals surface area contributed by atoms with Gasteiger partial charge in [0.05, 0.1) is 0 Å². The van der Waals surface area contributed by atoms with E-state index in [4.69, 9.17) is 15.2 Å². The van der Waals surface area contributed by atoms with Crippen molar-refractivity contribution in [2.75, 3.05) is 13.2 Å². The molecule has 0 aliphatic rings. The van der Waals surface area contributed by atoms with Gasteiger partial charge in [-0.2, -0.15) is 0 Å². The summed E-state index contributed by atoms with van der Waals surface area (Å²) >= 11 is 0. The van der Waals surface area contributed by atoms with Crippen molar-refractivity contribution in [3.05, 3.63) is 18.2 Å². The minimum atomic E-state index is -0.428. The Bertz CT molecular complexity index is 308. The van der Waals surface area contributed by atoms with Crippen LogP contribution in [0.1, 0.15) is 39.1 Å². The molecule has 0 amide bonds. The van der Waals surface area contributed by atoms with E-state index in [0.29, 0.717) is 13.2 Å². The second-order valence-electron chi connectivity index (χ2n) is 3.78. The predicted molar refractivity (Wildman–Crippen MR) is 66.5 cm³/mol. The molecule has 0 radical (unpaired) electrons. The van der Waals surface area contributed by atoms with E-state index >= 15 is 0 Å². The van der Waals surface area contributed by atoms with Crippen molar-refractivity contribution >= 4 is 0 Å². The molecule has 1 unspecified atom stereocenters. The van der Waals surface area contributed by atoms with Gasteiger partial charge in [0.2, 0.25) is 0 Å². The van der Waals surface area contributed by atoms with Crippen LogP contribution < -0.4 is 5.73 Å². The summed E-state index contributed by atoms with van der Waals surface area (Å²) in [7, 11) is 0. The number of imidazole rings is 1. The van der Waals surface area contributed by atoms with E-state index in [1.54, 1.807) is 6.20 Å². The zero-order valence-corrected chi connectivity index (χ0v) is 10.9. The molecule has 1 heterocycles. The third-order valence-electron chi connectivity index (χ3n) is 2.47. The van der Waals surface area contributed by atoms with E-state index in [1.807, 2.05) is 20.0 Å². The minimum Gasteiger partial charge on any atom is -0.351 e. The maximum absolute atomic E-state index is 6.15. The normalized spacial score (nSPS) is 13.2. The lowest BCUT2D eigenvalue weighted by atomic mass is 10.2. The molecule has 1 rings (SSSR count). The lowest BCUT2D eigenvalue weighted by Gasteiger charge is -2.23. The van der Waals surface area contributed by atoms with Crippen molar-refractivity contribution in [2.45, 2.75) is 46.1 Å². The Labute approximate surface area is 103 Å². The molecule has 0 aliphatic carbocycles. The van der Waals surface area contributed by atoms with Crippen LogP contribution in [0.3, 0.4) is 0 Å². The number of hydrogen-bond donors (Lipinski definition) is 1. The van der Waals surface area contributed by atoms with E-state index in [2.05, 4.69) is 16.5 Å². The van der Waals surface area contributed by atoms with E-state index in [1.165, 1.54) is 0 Å². The highest BCUT2D eigenvalue weighted by Gasteiger charge is 2.23. The van der Waals surface area contributed by atoms with Crippen molar-refractivity contribution in [1.82, 2.24) is 9.55 Å². The Morgan fingerprint density at radius 3 is 2.47 bits per heavy atom. The minimum absolute atomic E-state index is 0.351. The quantitative estimate of drug-likeness (QED) is 0.704. The molecule has 0 spiro atoms. The summed E-state index contributed by atoms with van der Waals surface area (Å²) in [5, 5.41) is 0. The molecular weight excluding hydrogens is 218 g/mol. The number of ether oxygens (including phenoxy) is 2. The monoisotopic (exact) mass is 241 g/mol. The molecule has 98 valence electrons. The molecule has 5 heteroatoms. The van der Waals surface area contributed by atoms with Gasteiger partial charge >= 0.3 is 0 Å². The van der Waals surface area contributed by atoms with E-state index in [9.17, 15) is 0 Å². The van der Waals surface area contributed by atoms with E-state index in [-0.39, 0.29) is 6.04 Å². The fourth-order valence-corrected chi connectivity index (χ4v) is 1.75. The highest BCUT2D eigenvalue weighted by Crippen LogP contribution is 2.16. The molecule has 2 N–H and O–H groups in total. The maximum atomic E-state index is 6.15. The van der Waals surface area contributed by atoms with Gasteiger partial charge in [-0.15, -0.1) is 0 Å². The van der Waals surface area contributed by atoms with Crippen molar-refractivity contribution in [1.29, 1.82) is 0 Å². The molecular formula is C12H23N3O2. The molecule has 0 saturated heterocycles. The van der Waals surface area contributed by atoms with Crippen LogP contribution in [0.15, 0.2) is 12.4 Å². The zero-order valence-electron chi connectivity index (χ0n) is 10.9. The van der Waals surface area contributed by atoms with Gasteiger partial charge < -0.3 is 19.8 Å². The van der Waals surface area contributed by atoms with E-state index in [0.717, 1.165) is 18.8 Å². The van der Waals surface area contributed by atoms with Gasteiger partial charge in [0.25, 0.3) is 0 Å². The lowest BCUT2D eigenvalue weighted by Crippen LogP contribution is -2.33. The molecule has 0 fully saturated rings. The van der Waals surface area contributed by atoms with Crippen molar-refractivity contribution in [3.8, 4) is 0 Å². The zero-order chi connectivity index (χ0) is 12.7. The van der Waals surface area contributed by atoms with Crippen LogP contribution >= 0.6 is 0 Å². The second kappa shape index (κ2) is 7.42. The molecule has 1 atom stereocenters. The van der Waals surface area contributed by atoms with Gasteiger partial charge in [-0.05, 0) is 20.3 Å². The van der Waals surface area contributed by atoms with Crippen LogP contribution in [0.25, 0.3) is 0 Å². The summed E-state index contributed by atoms with van der Waals surface area (Å²) < 4.78 is 13.1. The highest BCUT2D eigenvalue weighted by atomic mass is 16.7. The summed E-state index contributed by atoms with van der Waals surface area (Å²) in [6.45, 7) is 8.04. The molecule has 5 nitrogen and oxygen atoms in total. The third kappa shape index (κ3) is 3.80. The van der Waals surface area contributed by atoms with Crippen molar-refractivity contribution in [3.63, 3.8) is 0 Å². The standard InChI is InChI=1S/C12H23N3O2/c1-4-8-15-9-7-14-11(15)10(13)12(16-5-2)17-6-3/h7,9-10,12H,4-6,8,13H2,1-3H3. The van der Waals surface area contributed by atoms with Crippen LogP contribution in [-0.4, -0.2) is 29.1 Å². The largest absolute Gasteiger partial charge is 0.351 e. The van der Waals surface area contributed by atoms with Crippen LogP contribution in [0.2, 0.25) is 0 Å². The van der Waals surface area contributed by atoms with Gasteiger partial charge in [-0.25, -0.2) is 4.98 Å². The number of nitrogens with two attached hydrogens (primary N) is 1. The number of nitrogens with zero attached hydrogens (tertiary/aromatic N) is 2. The first kappa shape index (κ1) is 14.2. The van der Waals surface area contributed by atoms with Gasteiger partial charge in [0, 0.05) is 32.2 Å². The van der Waals surface area contributed by atoms with Gasteiger partial charge in [-0.3, -0.25) is 0 Å². The molecule has 1 aromatic heterocycles. The average molecular weight is 241 g/mol. The molecule has 17 heavy (non-hydrogen) atoms. The van der Waals surface area contributed by atoms with Crippen LogP contribution in [0, 0.1) is 0 Å². The Kier molecular flexibility index (Phi) is 6.18. The van der Waals surface area contributed by atoms with Gasteiger partial charge in [0.1, 0.15) is 11.9 Å². The molecule has 0 aliphatic heterocycles. The van der Waals surface area contributed by atoms with Crippen molar-refractivity contribution < 1.29 is 9.47 Å². The van der Waals surface area contributed by atoms with Crippen LogP contribution in [0.5, 0.6) is 0 Å². The molecule has 0 aromatic carbocycles. The highest BCUT2D eigenvalue weighted by molar-refractivity contribution is 4.99. The van der Waals surface area contributed by atoms with Crippen molar-refractivity contribution in [2.24, 2.45) is 5.73 Å². The second-order valence-corrected chi connectivity index (χ2v) is 3.78. The SMILES string of the molecule is CCCn1ccnc1C(N)C(OCC)OCC. The summed E-state index contributed by atoms with van der Waals surface area (Å²) in [5.41, 5.74) is 6.15. The summed E-state index contributed by atoms with van der Waals surface area (Å²) in [5.74, 6) is 0.818. The molecule has 0 saturated carbocycles. The van der Waals surface area contributed by atoms with Gasteiger partial charge in [-0.1, -0.05) is 6.92 Å². The average Bonchev–Trinajstić information content (AvgIpc) is 2.77. The topological polar surface area (TPSA) is 62.3 Å². The van der Waals surface area contributed by atoms with Crippen LogP contribution in [-0.2, 0) is 16.0 Å². The van der Waals surface area contributed by atoms with Gasteiger partial charge in [0.15, 0.2) is 6.29 Å². The number of hydrogen-bond acceptors (Lipinski definition) is 4. The Morgan fingerprint density at radius 1 is 1.29 bits per heavy atom. The maximum Gasteiger partial charge on any atom is 0.179 e. The summed E-state index contributed by atoms with van der Waals surface area (Å²) in [6, 6.07) is -0.351. The molecule has 0 bridgehead atoms. The Morgan fingerprint density at radius 2 is 1.94 bits per heavy atom. The summed E-state index contributed by atoms with van der Waals surface area (Å²) in [4.78, 5) is 4.30. The predicted octanol–water partition coefficient (Wildman–Crippen LogP) is 1.69. The third-order valence-corrected chi connectivity index (χ3v) is 2.47. The summed E-state index contributed by atoms with van der Waals surface area (Å²) in [6.07, 6.45) is 4.32. The first-order valence-electron chi connectivity index (χ1n) is 6.24. The smallest absolute Gasteiger partial charge is 0.179 e. The Hall–Kier alpha value is -0.910. The first-order chi connectivity index (χ1) is 8.24. The van der Waals surface area contributed by atoms with Crippen LogP contribution in [0.4, 0.5) is 0 Å². The Balaban J connectivity index is 2.76. The first-order valence-corrected chi connectivity index (χ1v) is 6.24.